The van der Waals surface area contributed by atoms with Crippen LogP contribution in [0.1, 0.15) is 12.0 Å². The van der Waals surface area contributed by atoms with E-state index in [9.17, 15) is 0 Å². The molecule has 2 aromatic carbocycles. The van der Waals surface area contributed by atoms with Gasteiger partial charge in [-0.1, -0.05) is 18.2 Å². The molecule has 0 unspecified atom stereocenters. The first kappa shape index (κ1) is 14.7. The lowest BCUT2D eigenvalue weighted by molar-refractivity contribution is 0.259. The highest BCUT2D eigenvalue weighted by molar-refractivity contribution is 5.46. The smallest absolute Gasteiger partial charge is 0.120 e. The standard InChI is InChI=1S/C18H22N2O2/c19-18-4-2-1-3-15(18)13-22-17-7-5-16(6-8-17)21-12-14-9-10-20-11-14/h1-8,14,20H,9-13,19H2/t14-/m1/s1. The van der Waals surface area contributed by atoms with Crippen LogP contribution >= 0.6 is 0 Å². The van der Waals surface area contributed by atoms with Gasteiger partial charge in [-0.25, -0.2) is 0 Å². The van der Waals surface area contributed by atoms with Crippen LogP contribution in [0, 0.1) is 5.92 Å². The van der Waals surface area contributed by atoms with E-state index in [0.29, 0.717) is 12.5 Å². The molecule has 0 aromatic heterocycles. The predicted molar refractivity (Wildman–Crippen MR) is 88.1 cm³/mol. The van der Waals surface area contributed by atoms with Crippen LogP contribution in [0.3, 0.4) is 0 Å². The Hall–Kier alpha value is -2.20. The maximum Gasteiger partial charge on any atom is 0.120 e. The average Bonchev–Trinajstić information content (AvgIpc) is 3.07. The predicted octanol–water partition coefficient (Wildman–Crippen LogP) is 2.84. The number of ether oxygens (including phenoxy) is 2. The number of nitrogens with two attached hydrogens (primary N) is 1. The molecule has 1 heterocycles. The fourth-order valence-corrected chi connectivity index (χ4v) is 2.53. The van der Waals surface area contributed by atoms with Gasteiger partial charge in [-0.2, -0.15) is 0 Å². The lowest BCUT2D eigenvalue weighted by Crippen LogP contribution is -2.15. The number of para-hydroxylation sites is 1. The molecule has 1 fully saturated rings. The molecule has 1 atom stereocenters. The van der Waals surface area contributed by atoms with Crippen LogP contribution in [0.25, 0.3) is 0 Å². The molecular formula is C18H22N2O2. The van der Waals surface area contributed by atoms with E-state index >= 15 is 0 Å². The molecule has 0 saturated carbocycles. The molecule has 1 saturated heterocycles. The minimum atomic E-state index is 0.473. The Morgan fingerprint density at radius 2 is 1.73 bits per heavy atom. The summed E-state index contributed by atoms with van der Waals surface area (Å²) in [6.45, 7) is 3.40. The first-order valence-electron chi connectivity index (χ1n) is 7.71. The molecule has 0 amide bonds. The topological polar surface area (TPSA) is 56.5 Å². The van der Waals surface area contributed by atoms with Crippen LogP contribution in [-0.4, -0.2) is 19.7 Å². The van der Waals surface area contributed by atoms with Crippen LogP contribution in [0.15, 0.2) is 48.5 Å². The zero-order chi connectivity index (χ0) is 15.2. The molecule has 1 aliphatic heterocycles. The van der Waals surface area contributed by atoms with Crippen molar-refractivity contribution in [1.82, 2.24) is 5.32 Å². The van der Waals surface area contributed by atoms with Crippen molar-refractivity contribution < 1.29 is 9.47 Å². The first-order valence-corrected chi connectivity index (χ1v) is 7.71. The largest absolute Gasteiger partial charge is 0.493 e. The quantitative estimate of drug-likeness (QED) is 0.805. The van der Waals surface area contributed by atoms with Gasteiger partial charge in [0, 0.05) is 23.7 Å². The van der Waals surface area contributed by atoms with Gasteiger partial charge >= 0.3 is 0 Å². The van der Waals surface area contributed by atoms with Crippen molar-refractivity contribution in [3.63, 3.8) is 0 Å². The number of hydrogen-bond donors (Lipinski definition) is 2. The number of benzene rings is 2. The molecule has 3 rings (SSSR count). The number of hydrogen-bond acceptors (Lipinski definition) is 4. The van der Waals surface area contributed by atoms with Crippen LogP contribution in [0.4, 0.5) is 5.69 Å². The third kappa shape index (κ3) is 3.92. The van der Waals surface area contributed by atoms with Crippen LogP contribution < -0.4 is 20.5 Å². The zero-order valence-electron chi connectivity index (χ0n) is 12.6. The summed E-state index contributed by atoms with van der Waals surface area (Å²) in [7, 11) is 0. The highest BCUT2D eigenvalue weighted by Crippen LogP contribution is 2.21. The third-order valence-electron chi connectivity index (χ3n) is 3.92. The van der Waals surface area contributed by atoms with Crippen molar-refractivity contribution >= 4 is 5.69 Å². The Kier molecular flexibility index (Phi) is 4.81. The summed E-state index contributed by atoms with van der Waals surface area (Å²) < 4.78 is 11.6. The fourth-order valence-electron chi connectivity index (χ4n) is 2.53. The van der Waals surface area contributed by atoms with Gasteiger partial charge in [-0.3, -0.25) is 0 Å². The SMILES string of the molecule is Nc1ccccc1COc1ccc(OC[C@@H]2CCNC2)cc1. The summed E-state index contributed by atoms with van der Waals surface area (Å²) in [4.78, 5) is 0. The molecule has 0 bridgehead atoms. The van der Waals surface area contributed by atoms with E-state index in [-0.39, 0.29) is 0 Å². The van der Waals surface area contributed by atoms with Gasteiger partial charge in [0.25, 0.3) is 0 Å². The molecule has 22 heavy (non-hydrogen) atoms. The van der Waals surface area contributed by atoms with E-state index in [1.807, 2.05) is 48.5 Å². The van der Waals surface area contributed by atoms with E-state index < -0.39 is 0 Å². The highest BCUT2D eigenvalue weighted by atomic mass is 16.5. The molecular weight excluding hydrogens is 276 g/mol. The van der Waals surface area contributed by atoms with Gasteiger partial charge in [-0.15, -0.1) is 0 Å². The highest BCUT2D eigenvalue weighted by Gasteiger charge is 2.14. The Morgan fingerprint density at radius 3 is 2.41 bits per heavy atom. The second kappa shape index (κ2) is 7.18. The van der Waals surface area contributed by atoms with Gasteiger partial charge < -0.3 is 20.5 Å². The van der Waals surface area contributed by atoms with Gasteiger partial charge in [0.2, 0.25) is 0 Å². The van der Waals surface area contributed by atoms with Crippen LogP contribution in [-0.2, 0) is 6.61 Å². The number of anilines is 1. The molecule has 0 radical (unpaired) electrons. The van der Waals surface area contributed by atoms with Crippen LogP contribution in [0.2, 0.25) is 0 Å². The maximum atomic E-state index is 5.90. The summed E-state index contributed by atoms with van der Waals surface area (Å²) in [6, 6.07) is 15.5. The molecule has 2 aromatic rings. The summed E-state index contributed by atoms with van der Waals surface area (Å²) in [5.41, 5.74) is 7.66. The molecule has 4 heteroatoms. The second-order valence-electron chi connectivity index (χ2n) is 5.63. The number of nitrogen functional groups attached to an aromatic ring is 1. The Balaban J connectivity index is 1.49. The maximum absolute atomic E-state index is 5.90. The zero-order valence-corrected chi connectivity index (χ0v) is 12.6. The van der Waals surface area contributed by atoms with Crippen molar-refractivity contribution in [2.45, 2.75) is 13.0 Å². The third-order valence-corrected chi connectivity index (χ3v) is 3.92. The molecule has 4 nitrogen and oxygen atoms in total. The lowest BCUT2D eigenvalue weighted by Gasteiger charge is -2.12. The summed E-state index contributed by atoms with van der Waals surface area (Å²) >= 11 is 0. The molecule has 0 aliphatic carbocycles. The Labute approximate surface area is 131 Å². The van der Waals surface area contributed by atoms with E-state index in [1.165, 1.54) is 6.42 Å². The lowest BCUT2D eigenvalue weighted by atomic mass is 10.1. The van der Waals surface area contributed by atoms with E-state index in [1.54, 1.807) is 0 Å². The molecule has 1 aliphatic rings. The first-order chi connectivity index (χ1) is 10.8. The summed E-state index contributed by atoms with van der Waals surface area (Å²) in [5.74, 6) is 2.33. The average molecular weight is 298 g/mol. The van der Waals surface area contributed by atoms with Crippen molar-refractivity contribution in [1.29, 1.82) is 0 Å². The van der Waals surface area contributed by atoms with Crippen molar-refractivity contribution in [3.05, 3.63) is 54.1 Å². The van der Waals surface area contributed by atoms with Crippen LogP contribution in [0.5, 0.6) is 11.5 Å². The molecule has 116 valence electrons. The minimum absolute atomic E-state index is 0.473. The van der Waals surface area contributed by atoms with Gasteiger partial charge in [0.15, 0.2) is 0 Å². The second-order valence-corrected chi connectivity index (χ2v) is 5.63. The van der Waals surface area contributed by atoms with Crippen molar-refractivity contribution in [2.24, 2.45) is 5.92 Å². The van der Waals surface area contributed by atoms with Crippen molar-refractivity contribution in [2.75, 3.05) is 25.4 Å². The molecule has 0 spiro atoms. The normalized spacial score (nSPS) is 17.4. The molecule has 3 N–H and O–H groups in total. The van der Waals surface area contributed by atoms with Crippen molar-refractivity contribution in [3.8, 4) is 11.5 Å². The van der Waals surface area contributed by atoms with Gasteiger partial charge in [0.1, 0.15) is 18.1 Å². The van der Waals surface area contributed by atoms with E-state index in [0.717, 1.165) is 42.4 Å². The number of rotatable bonds is 6. The Morgan fingerprint density at radius 1 is 1.00 bits per heavy atom. The van der Waals surface area contributed by atoms with Gasteiger partial charge in [-0.05, 0) is 43.3 Å². The summed E-state index contributed by atoms with van der Waals surface area (Å²) in [5, 5.41) is 3.34. The van der Waals surface area contributed by atoms with Gasteiger partial charge in [0.05, 0.1) is 6.61 Å². The Bertz CT molecular complexity index is 592. The fraction of sp³-hybridized carbons (Fsp3) is 0.333. The van der Waals surface area contributed by atoms with E-state index in [2.05, 4.69) is 5.32 Å². The van der Waals surface area contributed by atoms with E-state index in [4.69, 9.17) is 15.2 Å². The number of nitrogens with one attached hydrogen (secondary N) is 1. The summed E-state index contributed by atoms with van der Waals surface area (Å²) in [6.07, 6.45) is 1.19. The monoisotopic (exact) mass is 298 g/mol. The minimum Gasteiger partial charge on any atom is -0.493 e.